The van der Waals surface area contributed by atoms with E-state index in [-0.39, 0.29) is 12.5 Å². The van der Waals surface area contributed by atoms with Crippen LogP contribution in [0, 0.1) is 0 Å². The van der Waals surface area contributed by atoms with E-state index in [0.717, 1.165) is 13.1 Å². The van der Waals surface area contributed by atoms with Crippen molar-refractivity contribution < 1.29 is 9.53 Å². The highest BCUT2D eigenvalue weighted by atomic mass is 35.5. The second-order valence-corrected chi connectivity index (χ2v) is 4.54. The topological polar surface area (TPSA) is 41.6 Å². The molecule has 1 N–H and O–H groups in total. The predicted octanol–water partition coefficient (Wildman–Crippen LogP) is 2.46. The minimum Gasteiger partial charge on any atom is -0.482 e. The van der Waals surface area contributed by atoms with E-state index in [4.69, 9.17) is 28.6 Å². The largest absolute Gasteiger partial charge is 0.482 e. The number of thiocarbonyl (C=S) groups is 1. The molecule has 1 aromatic rings. The Kier molecular flexibility index (Phi) is 6.59. The summed E-state index contributed by atoms with van der Waals surface area (Å²) in [5, 5.41) is 3.51. The maximum absolute atomic E-state index is 11.7. The van der Waals surface area contributed by atoms with Gasteiger partial charge in [-0.3, -0.25) is 4.79 Å². The lowest BCUT2D eigenvalue weighted by Crippen LogP contribution is -2.44. The highest BCUT2D eigenvalue weighted by Gasteiger charge is 2.10. The van der Waals surface area contributed by atoms with Crippen LogP contribution in [0.25, 0.3) is 0 Å². The number of hydrogen-bond acceptors (Lipinski definition) is 3. The van der Waals surface area contributed by atoms with Gasteiger partial charge in [-0.25, -0.2) is 0 Å². The molecule has 1 aromatic carbocycles. The maximum atomic E-state index is 11.7. The van der Waals surface area contributed by atoms with Gasteiger partial charge in [0.2, 0.25) is 0 Å². The molecule has 1 rings (SSSR count). The molecule has 0 aliphatic rings. The Morgan fingerprint density at radius 2 is 2.00 bits per heavy atom. The third-order valence-corrected chi connectivity index (χ3v) is 3.16. The molecule has 4 nitrogen and oxygen atoms in total. The molecule has 0 fully saturated rings. The molecule has 0 aliphatic heterocycles. The van der Waals surface area contributed by atoms with Gasteiger partial charge in [-0.2, -0.15) is 0 Å². The van der Waals surface area contributed by atoms with Gasteiger partial charge >= 0.3 is 0 Å². The summed E-state index contributed by atoms with van der Waals surface area (Å²) in [6.45, 7) is 5.33. The van der Waals surface area contributed by atoms with Gasteiger partial charge in [0.1, 0.15) is 5.75 Å². The second kappa shape index (κ2) is 7.96. The summed E-state index contributed by atoms with van der Waals surface area (Å²) in [5.41, 5.74) is 0. The third-order valence-electron chi connectivity index (χ3n) is 2.49. The van der Waals surface area contributed by atoms with Crippen molar-refractivity contribution in [2.45, 2.75) is 13.8 Å². The fourth-order valence-corrected chi connectivity index (χ4v) is 2.01. The molecule has 0 saturated heterocycles. The van der Waals surface area contributed by atoms with Crippen molar-refractivity contribution in [2.24, 2.45) is 0 Å². The molecule has 0 saturated carbocycles. The molecule has 6 heteroatoms. The van der Waals surface area contributed by atoms with Gasteiger partial charge in [-0.05, 0) is 38.2 Å². The van der Waals surface area contributed by atoms with Crippen LogP contribution < -0.4 is 10.1 Å². The van der Waals surface area contributed by atoms with Gasteiger partial charge in [0.05, 0.1) is 5.02 Å². The first kappa shape index (κ1) is 15.7. The molecule has 0 spiro atoms. The Balaban J connectivity index is 2.44. The predicted molar refractivity (Wildman–Crippen MR) is 80.6 cm³/mol. The molecular weight excluding hydrogens is 284 g/mol. The quantitative estimate of drug-likeness (QED) is 0.848. The van der Waals surface area contributed by atoms with Crippen molar-refractivity contribution in [1.82, 2.24) is 10.2 Å². The number of hydrogen-bond donors (Lipinski definition) is 1. The van der Waals surface area contributed by atoms with E-state index in [1.165, 1.54) is 0 Å². The Bertz CT molecular complexity index is 450. The lowest BCUT2D eigenvalue weighted by Gasteiger charge is -2.21. The first-order chi connectivity index (χ1) is 9.08. The number of nitrogens with one attached hydrogen (secondary N) is 1. The standard InChI is InChI=1S/C13H17ClN2O2S/c1-3-16(4-2)13(19)15-12(17)9-18-11-8-6-5-7-10(11)14/h5-8H,3-4,9H2,1-2H3,(H,15,17,19). The van der Waals surface area contributed by atoms with Gasteiger partial charge in [0.15, 0.2) is 11.7 Å². The van der Waals surface area contributed by atoms with Gasteiger partial charge in [0, 0.05) is 13.1 Å². The zero-order valence-electron chi connectivity index (χ0n) is 11.0. The third kappa shape index (κ3) is 5.04. The molecule has 0 bridgehead atoms. The highest BCUT2D eigenvalue weighted by molar-refractivity contribution is 7.80. The molecule has 0 unspecified atom stereocenters. The van der Waals surface area contributed by atoms with Crippen LogP contribution in [0.1, 0.15) is 13.8 Å². The number of ether oxygens (including phenoxy) is 1. The molecule has 1 amide bonds. The number of carbonyl (C=O) groups is 1. The van der Waals surface area contributed by atoms with Gasteiger partial charge in [0.25, 0.3) is 5.91 Å². The zero-order valence-corrected chi connectivity index (χ0v) is 12.6. The van der Waals surface area contributed by atoms with E-state index >= 15 is 0 Å². The average Bonchev–Trinajstić information content (AvgIpc) is 2.39. The maximum Gasteiger partial charge on any atom is 0.264 e. The summed E-state index contributed by atoms with van der Waals surface area (Å²) in [7, 11) is 0. The molecule has 0 aliphatic carbocycles. The Hall–Kier alpha value is -1.33. The molecule has 0 heterocycles. The molecule has 0 aromatic heterocycles. The average molecular weight is 301 g/mol. The summed E-state index contributed by atoms with van der Waals surface area (Å²) in [6, 6.07) is 7.00. The van der Waals surface area contributed by atoms with Crippen molar-refractivity contribution in [3.63, 3.8) is 0 Å². The monoisotopic (exact) mass is 300 g/mol. The van der Waals surface area contributed by atoms with Crippen LogP contribution in [0.2, 0.25) is 5.02 Å². The molecular formula is C13H17ClN2O2S. The number of amides is 1. The minimum atomic E-state index is -0.295. The van der Waals surface area contributed by atoms with E-state index in [1.807, 2.05) is 18.7 Å². The van der Waals surface area contributed by atoms with Crippen molar-refractivity contribution in [1.29, 1.82) is 0 Å². The fourth-order valence-electron chi connectivity index (χ4n) is 1.45. The second-order valence-electron chi connectivity index (χ2n) is 3.74. The smallest absolute Gasteiger partial charge is 0.264 e. The van der Waals surface area contributed by atoms with Crippen molar-refractivity contribution in [3.8, 4) is 5.75 Å². The number of benzene rings is 1. The van der Waals surface area contributed by atoms with E-state index in [0.29, 0.717) is 15.9 Å². The van der Waals surface area contributed by atoms with Crippen LogP contribution >= 0.6 is 23.8 Å². The van der Waals surface area contributed by atoms with E-state index in [2.05, 4.69) is 5.32 Å². The number of para-hydroxylation sites is 1. The van der Waals surface area contributed by atoms with E-state index in [9.17, 15) is 4.79 Å². The van der Waals surface area contributed by atoms with Crippen LogP contribution in [-0.2, 0) is 4.79 Å². The van der Waals surface area contributed by atoms with Crippen LogP contribution in [0.5, 0.6) is 5.75 Å². The summed E-state index contributed by atoms with van der Waals surface area (Å²) in [5.74, 6) is 0.185. The van der Waals surface area contributed by atoms with Crippen LogP contribution in [-0.4, -0.2) is 35.6 Å². The number of carbonyl (C=O) groups excluding carboxylic acids is 1. The Labute approximate surface area is 123 Å². The minimum absolute atomic E-state index is 0.120. The van der Waals surface area contributed by atoms with Crippen LogP contribution in [0.3, 0.4) is 0 Å². The molecule has 0 radical (unpaired) electrons. The summed E-state index contributed by atoms with van der Waals surface area (Å²) >= 11 is 11.0. The molecule has 0 atom stereocenters. The normalized spacial score (nSPS) is 9.84. The zero-order chi connectivity index (χ0) is 14.3. The summed E-state index contributed by atoms with van der Waals surface area (Å²) in [4.78, 5) is 13.6. The van der Waals surface area contributed by atoms with E-state index in [1.54, 1.807) is 24.3 Å². The highest BCUT2D eigenvalue weighted by Crippen LogP contribution is 2.22. The van der Waals surface area contributed by atoms with Crippen LogP contribution in [0.4, 0.5) is 0 Å². The van der Waals surface area contributed by atoms with Crippen molar-refractivity contribution in [2.75, 3.05) is 19.7 Å². The number of halogens is 1. The van der Waals surface area contributed by atoms with Gasteiger partial charge in [-0.1, -0.05) is 23.7 Å². The Morgan fingerprint density at radius 3 is 2.58 bits per heavy atom. The Morgan fingerprint density at radius 1 is 1.37 bits per heavy atom. The lowest BCUT2D eigenvalue weighted by atomic mass is 10.3. The summed E-state index contributed by atoms with van der Waals surface area (Å²) < 4.78 is 5.32. The molecule has 104 valence electrons. The lowest BCUT2D eigenvalue weighted by molar-refractivity contribution is -0.121. The number of nitrogens with zero attached hydrogens (tertiary/aromatic N) is 1. The summed E-state index contributed by atoms with van der Waals surface area (Å²) in [6.07, 6.45) is 0. The van der Waals surface area contributed by atoms with Gasteiger partial charge in [-0.15, -0.1) is 0 Å². The van der Waals surface area contributed by atoms with Crippen molar-refractivity contribution >= 4 is 34.8 Å². The molecule has 19 heavy (non-hydrogen) atoms. The van der Waals surface area contributed by atoms with Gasteiger partial charge < -0.3 is 15.0 Å². The SMILES string of the molecule is CCN(CC)C(=S)NC(=O)COc1ccccc1Cl. The van der Waals surface area contributed by atoms with Crippen molar-refractivity contribution in [3.05, 3.63) is 29.3 Å². The first-order valence-corrected chi connectivity index (χ1v) is 6.83. The van der Waals surface area contributed by atoms with E-state index < -0.39 is 0 Å². The van der Waals surface area contributed by atoms with Crippen LogP contribution in [0.15, 0.2) is 24.3 Å². The fraction of sp³-hybridized carbons (Fsp3) is 0.385. The number of rotatable bonds is 5. The first-order valence-electron chi connectivity index (χ1n) is 6.04.